The van der Waals surface area contributed by atoms with Crippen molar-refractivity contribution in [3.05, 3.63) is 50.9 Å². The van der Waals surface area contributed by atoms with Crippen molar-refractivity contribution in [1.82, 2.24) is 14.5 Å². The van der Waals surface area contributed by atoms with E-state index in [0.717, 1.165) is 4.47 Å². The van der Waals surface area contributed by atoms with E-state index in [4.69, 9.17) is 0 Å². The molecule has 0 atom stereocenters. The Labute approximate surface area is 131 Å². The van der Waals surface area contributed by atoms with E-state index in [9.17, 15) is 9.59 Å². The summed E-state index contributed by atoms with van der Waals surface area (Å²) in [5, 5.41) is 5.36. The van der Waals surface area contributed by atoms with Crippen LogP contribution < -0.4 is 10.9 Å². The van der Waals surface area contributed by atoms with Crippen LogP contribution in [0, 0.1) is 0 Å². The number of amides is 1. The van der Waals surface area contributed by atoms with Crippen LogP contribution in [0.5, 0.6) is 0 Å². The van der Waals surface area contributed by atoms with Gasteiger partial charge in [-0.2, -0.15) is 0 Å². The molecule has 1 aromatic carbocycles. The van der Waals surface area contributed by atoms with E-state index in [1.54, 1.807) is 23.7 Å². The molecule has 0 fully saturated rings. The fourth-order valence-electron chi connectivity index (χ4n) is 1.84. The molecule has 1 amide bonds. The second-order valence-electron chi connectivity index (χ2n) is 4.22. The van der Waals surface area contributed by atoms with Crippen molar-refractivity contribution in [1.29, 1.82) is 0 Å². The van der Waals surface area contributed by atoms with Crippen LogP contribution >= 0.6 is 27.3 Å². The number of hydrogen-bond donors (Lipinski definition) is 1. The number of halogens is 1. The predicted molar refractivity (Wildman–Crippen MR) is 84.4 cm³/mol. The number of anilines is 1. The number of rotatable bonds is 3. The van der Waals surface area contributed by atoms with E-state index < -0.39 is 0 Å². The molecule has 2 aromatic heterocycles. The molecule has 0 aliphatic rings. The monoisotopic (exact) mass is 364 g/mol. The molecule has 0 aliphatic carbocycles. The largest absolute Gasteiger partial charge is 0.300 e. The zero-order chi connectivity index (χ0) is 14.8. The van der Waals surface area contributed by atoms with Crippen molar-refractivity contribution in [2.75, 3.05) is 5.32 Å². The van der Waals surface area contributed by atoms with Gasteiger partial charge in [0.15, 0.2) is 5.13 Å². The number of hydrogen-bond acceptors (Lipinski definition) is 5. The lowest BCUT2D eigenvalue weighted by Crippen LogP contribution is -2.27. The van der Waals surface area contributed by atoms with Gasteiger partial charge in [-0.3, -0.25) is 14.2 Å². The average Bonchev–Trinajstić information content (AvgIpc) is 2.95. The van der Waals surface area contributed by atoms with Crippen LogP contribution in [0.25, 0.3) is 10.9 Å². The van der Waals surface area contributed by atoms with Gasteiger partial charge in [-0.15, -0.1) is 11.3 Å². The van der Waals surface area contributed by atoms with Crippen molar-refractivity contribution in [3.8, 4) is 0 Å². The maximum absolute atomic E-state index is 12.3. The molecular weight excluding hydrogens is 356 g/mol. The van der Waals surface area contributed by atoms with Crippen LogP contribution in [0.15, 0.2) is 45.4 Å². The molecule has 0 bridgehead atoms. The first-order chi connectivity index (χ1) is 10.1. The van der Waals surface area contributed by atoms with E-state index in [1.165, 1.54) is 22.2 Å². The van der Waals surface area contributed by atoms with Crippen LogP contribution in [0.1, 0.15) is 0 Å². The van der Waals surface area contributed by atoms with Crippen LogP contribution in [0.4, 0.5) is 5.13 Å². The number of nitrogens with one attached hydrogen (secondary N) is 1. The Morgan fingerprint density at radius 1 is 1.38 bits per heavy atom. The number of benzene rings is 1. The van der Waals surface area contributed by atoms with E-state index in [2.05, 4.69) is 31.2 Å². The summed E-state index contributed by atoms with van der Waals surface area (Å²) in [7, 11) is 0. The fraction of sp³-hybridized carbons (Fsp3) is 0.0769. The van der Waals surface area contributed by atoms with Crippen LogP contribution in [0.2, 0.25) is 0 Å². The fourth-order valence-corrected chi connectivity index (χ4v) is 2.75. The Morgan fingerprint density at radius 3 is 3.00 bits per heavy atom. The number of aromatic nitrogens is 3. The molecule has 8 heteroatoms. The third-order valence-corrected chi connectivity index (χ3v) is 3.96. The molecule has 106 valence electrons. The van der Waals surface area contributed by atoms with Crippen molar-refractivity contribution in [2.24, 2.45) is 0 Å². The molecule has 0 radical (unpaired) electrons. The van der Waals surface area contributed by atoms with Crippen molar-refractivity contribution >= 4 is 49.2 Å². The van der Waals surface area contributed by atoms with Gasteiger partial charge in [0, 0.05) is 16.0 Å². The topological polar surface area (TPSA) is 76.9 Å². The average molecular weight is 365 g/mol. The smallest absolute Gasteiger partial charge is 0.261 e. The molecule has 6 nitrogen and oxygen atoms in total. The molecule has 0 aliphatic heterocycles. The minimum atomic E-state index is -0.316. The first-order valence-corrected chi connectivity index (χ1v) is 7.65. The first kappa shape index (κ1) is 13.9. The highest BCUT2D eigenvalue weighted by atomic mass is 79.9. The van der Waals surface area contributed by atoms with Crippen molar-refractivity contribution in [2.45, 2.75) is 6.54 Å². The van der Waals surface area contributed by atoms with Gasteiger partial charge < -0.3 is 5.32 Å². The number of nitrogens with zero attached hydrogens (tertiary/aromatic N) is 3. The standard InChI is InChI=1S/C13H9BrN4O2S/c14-8-1-2-10-9(5-8)12(20)18(7-16-10)6-11(19)17-13-15-3-4-21-13/h1-5,7H,6H2,(H,15,17,19). The molecule has 0 saturated heterocycles. The second kappa shape index (κ2) is 5.74. The third kappa shape index (κ3) is 3.01. The molecule has 2 heterocycles. The Bertz CT molecular complexity index is 860. The minimum Gasteiger partial charge on any atom is -0.300 e. The van der Waals surface area contributed by atoms with Crippen molar-refractivity contribution in [3.63, 3.8) is 0 Å². The summed E-state index contributed by atoms with van der Waals surface area (Å²) in [5.41, 5.74) is 0.343. The summed E-state index contributed by atoms with van der Waals surface area (Å²) in [6.45, 7) is -0.103. The normalized spacial score (nSPS) is 10.7. The summed E-state index contributed by atoms with van der Waals surface area (Å²) in [5.74, 6) is -0.316. The molecule has 0 saturated carbocycles. The van der Waals surface area contributed by atoms with Crippen molar-refractivity contribution < 1.29 is 4.79 Å². The Kier molecular flexibility index (Phi) is 3.80. The van der Waals surface area contributed by atoms with Gasteiger partial charge >= 0.3 is 0 Å². The van der Waals surface area contributed by atoms with E-state index in [-0.39, 0.29) is 18.0 Å². The highest BCUT2D eigenvalue weighted by Crippen LogP contribution is 2.15. The maximum Gasteiger partial charge on any atom is 0.261 e. The summed E-state index contributed by atoms with van der Waals surface area (Å²) >= 11 is 4.64. The zero-order valence-corrected chi connectivity index (χ0v) is 13.0. The molecule has 1 N–H and O–H groups in total. The molecule has 3 aromatic rings. The SMILES string of the molecule is O=C(Cn1cnc2ccc(Br)cc2c1=O)Nc1nccs1. The number of fused-ring (bicyclic) bond motifs is 1. The summed E-state index contributed by atoms with van der Waals surface area (Å²) in [6, 6.07) is 5.26. The Balaban J connectivity index is 1.89. The molecular formula is C13H9BrN4O2S. The lowest BCUT2D eigenvalue weighted by atomic mass is 10.2. The van der Waals surface area contributed by atoms with Crippen LogP contribution in [-0.2, 0) is 11.3 Å². The first-order valence-electron chi connectivity index (χ1n) is 5.97. The van der Waals surface area contributed by atoms with Gasteiger partial charge in [0.25, 0.3) is 5.56 Å². The van der Waals surface area contributed by atoms with Crippen LogP contribution in [0.3, 0.4) is 0 Å². The lowest BCUT2D eigenvalue weighted by Gasteiger charge is -2.06. The summed E-state index contributed by atoms with van der Waals surface area (Å²) in [6.07, 6.45) is 2.97. The van der Waals surface area contributed by atoms with Gasteiger partial charge in [0.2, 0.25) is 5.91 Å². The second-order valence-corrected chi connectivity index (χ2v) is 6.03. The summed E-state index contributed by atoms with van der Waals surface area (Å²) in [4.78, 5) is 32.4. The van der Waals surface area contributed by atoms with Gasteiger partial charge in [0.1, 0.15) is 6.54 Å². The Hall–Kier alpha value is -2.06. The third-order valence-electron chi connectivity index (χ3n) is 2.78. The predicted octanol–water partition coefficient (Wildman–Crippen LogP) is 2.25. The summed E-state index contributed by atoms with van der Waals surface area (Å²) < 4.78 is 2.07. The highest BCUT2D eigenvalue weighted by molar-refractivity contribution is 9.10. The van der Waals surface area contributed by atoms with Gasteiger partial charge in [0.05, 0.1) is 17.2 Å². The highest BCUT2D eigenvalue weighted by Gasteiger charge is 2.09. The number of carbonyl (C=O) groups excluding carboxylic acids is 1. The van der Waals surface area contributed by atoms with Gasteiger partial charge in [-0.25, -0.2) is 9.97 Å². The number of thiazole rings is 1. The van der Waals surface area contributed by atoms with E-state index >= 15 is 0 Å². The minimum absolute atomic E-state index is 0.103. The molecule has 21 heavy (non-hydrogen) atoms. The zero-order valence-electron chi connectivity index (χ0n) is 10.6. The molecule has 3 rings (SSSR count). The number of carbonyl (C=O) groups is 1. The Morgan fingerprint density at radius 2 is 2.24 bits per heavy atom. The van der Waals surface area contributed by atoms with E-state index in [1.807, 2.05) is 6.07 Å². The maximum atomic E-state index is 12.3. The van der Waals surface area contributed by atoms with E-state index in [0.29, 0.717) is 16.0 Å². The van der Waals surface area contributed by atoms with Crippen LogP contribution in [-0.4, -0.2) is 20.4 Å². The quantitative estimate of drug-likeness (QED) is 0.773. The van der Waals surface area contributed by atoms with Gasteiger partial charge in [-0.1, -0.05) is 15.9 Å². The molecule has 0 unspecified atom stereocenters. The lowest BCUT2D eigenvalue weighted by molar-refractivity contribution is -0.116. The van der Waals surface area contributed by atoms with Gasteiger partial charge in [-0.05, 0) is 18.2 Å². The molecule has 0 spiro atoms.